The van der Waals surface area contributed by atoms with E-state index in [4.69, 9.17) is 5.11 Å². The van der Waals surface area contributed by atoms with Crippen molar-refractivity contribution in [1.82, 2.24) is 0 Å². The van der Waals surface area contributed by atoms with Crippen molar-refractivity contribution in [1.29, 1.82) is 0 Å². The lowest BCUT2D eigenvalue weighted by atomic mass is 9.85. The zero-order valence-electron chi connectivity index (χ0n) is 8.09. The standard InChI is InChI=1S/C9H20NO.BrH/c1-10(2,6-7-11)8-9-4-3-5-9;/h9,11H,3-8H2,1-2H3;1H/q+1;/p-1. The Labute approximate surface area is 85.9 Å². The summed E-state index contributed by atoms with van der Waals surface area (Å²) in [5, 5.41) is 8.79. The van der Waals surface area contributed by atoms with E-state index >= 15 is 0 Å². The molecule has 12 heavy (non-hydrogen) atoms. The highest BCUT2D eigenvalue weighted by atomic mass is 79.9. The summed E-state index contributed by atoms with van der Waals surface area (Å²) in [6.07, 6.45) is 4.24. The van der Waals surface area contributed by atoms with E-state index in [0.717, 1.165) is 16.9 Å². The lowest BCUT2D eigenvalue weighted by Gasteiger charge is -2.36. The molecule has 0 spiro atoms. The topological polar surface area (TPSA) is 20.2 Å². The number of nitrogens with zero attached hydrogens (tertiary/aromatic N) is 1. The molecule has 0 aliphatic heterocycles. The summed E-state index contributed by atoms with van der Waals surface area (Å²) >= 11 is 0. The predicted molar refractivity (Wildman–Crippen MR) is 46.3 cm³/mol. The first-order valence-corrected chi connectivity index (χ1v) is 4.57. The molecule has 1 saturated carbocycles. The Bertz CT molecular complexity index is 124. The molecule has 0 atom stereocenters. The fourth-order valence-electron chi connectivity index (χ4n) is 1.74. The zero-order valence-corrected chi connectivity index (χ0v) is 9.68. The summed E-state index contributed by atoms with van der Waals surface area (Å²) in [4.78, 5) is 0. The van der Waals surface area contributed by atoms with Crippen LogP contribution in [0.25, 0.3) is 0 Å². The molecule has 1 aliphatic carbocycles. The van der Waals surface area contributed by atoms with Crippen molar-refractivity contribution in [3.63, 3.8) is 0 Å². The van der Waals surface area contributed by atoms with Crippen LogP contribution < -0.4 is 17.0 Å². The normalized spacial score (nSPS) is 18.2. The summed E-state index contributed by atoms with van der Waals surface area (Å²) in [6, 6.07) is 0. The van der Waals surface area contributed by atoms with E-state index in [0.29, 0.717) is 6.61 Å². The summed E-state index contributed by atoms with van der Waals surface area (Å²) in [5.41, 5.74) is 0. The third-order valence-electron chi connectivity index (χ3n) is 2.68. The van der Waals surface area contributed by atoms with Gasteiger partial charge in [-0.15, -0.1) is 0 Å². The van der Waals surface area contributed by atoms with Gasteiger partial charge in [0.25, 0.3) is 0 Å². The number of aliphatic hydroxyl groups is 1. The van der Waals surface area contributed by atoms with E-state index in [1.165, 1.54) is 25.8 Å². The van der Waals surface area contributed by atoms with Gasteiger partial charge in [0.05, 0.1) is 27.2 Å². The molecule has 1 fully saturated rings. The number of aliphatic hydroxyl groups excluding tert-OH is 1. The summed E-state index contributed by atoms with van der Waals surface area (Å²) < 4.78 is 0.987. The van der Waals surface area contributed by atoms with Crippen molar-refractivity contribution in [2.75, 3.05) is 33.8 Å². The second-order valence-electron chi connectivity index (χ2n) is 4.36. The first-order valence-electron chi connectivity index (χ1n) is 4.57. The van der Waals surface area contributed by atoms with Crippen molar-refractivity contribution in [3.05, 3.63) is 0 Å². The predicted octanol–water partition coefficient (Wildman–Crippen LogP) is -2.14. The number of rotatable bonds is 4. The van der Waals surface area contributed by atoms with E-state index in [1.54, 1.807) is 0 Å². The maximum Gasteiger partial charge on any atom is 0.102 e. The minimum Gasteiger partial charge on any atom is -1.00 e. The number of halogens is 1. The highest BCUT2D eigenvalue weighted by Gasteiger charge is 2.25. The van der Waals surface area contributed by atoms with Gasteiger partial charge < -0.3 is 26.6 Å². The van der Waals surface area contributed by atoms with Crippen LogP contribution in [0.4, 0.5) is 0 Å². The SMILES string of the molecule is C[N+](C)(CCO)CC1CCC1.[Br-]. The average Bonchev–Trinajstić information content (AvgIpc) is 1.79. The molecule has 0 aromatic rings. The fraction of sp³-hybridized carbons (Fsp3) is 1.00. The first-order chi connectivity index (χ1) is 5.14. The van der Waals surface area contributed by atoms with Gasteiger partial charge in [0.15, 0.2) is 0 Å². The number of quaternary nitrogens is 1. The van der Waals surface area contributed by atoms with E-state index < -0.39 is 0 Å². The second-order valence-corrected chi connectivity index (χ2v) is 4.36. The maximum absolute atomic E-state index is 8.79. The Morgan fingerprint density at radius 2 is 1.92 bits per heavy atom. The Kier molecular flexibility index (Phi) is 5.37. The minimum atomic E-state index is 0. The van der Waals surface area contributed by atoms with E-state index in [9.17, 15) is 0 Å². The van der Waals surface area contributed by atoms with Crippen LogP contribution in [0.15, 0.2) is 0 Å². The van der Waals surface area contributed by atoms with Crippen molar-refractivity contribution in [2.45, 2.75) is 19.3 Å². The van der Waals surface area contributed by atoms with Gasteiger partial charge in [0.2, 0.25) is 0 Å². The Balaban J connectivity index is 0.00000121. The van der Waals surface area contributed by atoms with E-state index in [2.05, 4.69) is 14.1 Å². The van der Waals surface area contributed by atoms with Crippen molar-refractivity contribution in [2.24, 2.45) is 5.92 Å². The van der Waals surface area contributed by atoms with Gasteiger partial charge in [-0.05, 0) is 12.8 Å². The van der Waals surface area contributed by atoms with Gasteiger partial charge in [-0.1, -0.05) is 6.42 Å². The number of likely N-dealkylation sites (N-methyl/N-ethyl adjacent to an activating group) is 1. The maximum atomic E-state index is 8.79. The van der Waals surface area contributed by atoms with Crippen LogP contribution in [0, 0.1) is 5.92 Å². The molecule has 2 nitrogen and oxygen atoms in total. The monoisotopic (exact) mass is 237 g/mol. The lowest BCUT2D eigenvalue weighted by molar-refractivity contribution is -0.894. The van der Waals surface area contributed by atoms with Gasteiger partial charge in [-0.25, -0.2) is 0 Å². The van der Waals surface area contributed by atoms with Crippen LogP contribution >= 0.6 is 0 Å². The summed E-state index contributed by atoms with van der Waals surface area (Å²) in [7, 11) is 4.41. The van der Waals surface area contributed by atoms with Gasteiger partial charge in [-0.2, -0.15) is 0 Å². The average molecular weight is 238 g/mol. The third-order valence-corrected chi connectivity index (χ3v) is 2.68. The lowest BCUT2D eigenvalue weighted by Crippen LogP contribution is -3.00. The Hall–Kier alpha value is 0.400. The third kappa shape index (κ3) is 3.87. The van der Waals surface area contributed by atoms with Crippen molar-refractivity contribution in [3.8, 4) is 0 Å². The van der Waals surface area contributed by atoms with E-state index in [1.807, 2.05) is 0 Å². The molecule has 74 valence electrons. The molecular formula is C9H20BrNO. The molecule has 1 aliphatic rings. The molecule has 0 aromatic heterocycles. The van der Waals surface area contributed by atoms with Gasteiger partial charge in [-0.3, -0.25) is 0 Å². The van der Waals surface area contributed by atoms with Crippen LogP contribution in [-0.2, 0) is 0 Å². The van der Waals surface area contributed by atoms with Crippen LogP contribution in [-0.4, -0.2) is 43.4 Å². The zero-order chi connectivity index (χ0) is 8.32. The van der Waals surface area contributed by atoms with Gasteiger partial charge in [0.1, 0.15) is 6.54 Å². The summed E-state index contributed by atoms with van der Waals surface area (Å²) in [5.74, 6) is 0.941. The molecular weight excluding hydrogens is 218 g/mol. The number of hydrogen-bond donors (Lipinski definition) is 1. The number of hydrogen-bond acceptors (Lipinski definition) is 1. The molecule has 0 radical (unpaired) electrons. The first kappa shape index (κ1) is 12.4. The van der Waals surface area contributed by atoms with Crippen LogP contribution in [0.3, 0.4) is 0 Å². The Morgan fingerprint density at radius 3 is 2.25 bits per heavy atom. The van der Waals surface area contributed by atoms with Gasteiger partial charge in [0, 0.05) is 5.92 Å². The Morgan fingerprint density at radius 1 is 1.33 bits per heavy atom. The molecule has 0 amide bonds. The molecule has 0 saturated heterocycles. The van der Waals surface area contributed by atoms with Gasteiger partial charge >= 0.3 is 0 Å². The highest BCUT2D eigenvalue weighted by Crippen LogP contribution is 2.28. The molecule has 0 heterocycles. The summed E-state index contributed by atoms with van der Waals surface area (Å²) in [6.45, 7) is 2.47. The van der Waals surface area contributed by atoms with Crippen LogP contribution in [0.5, 0.6) is 0 Å². The molecule has 0 unspecified atom stereocenters. The van der Waals surface area contributed by atoms with Crippen LogP contribution in [0.2, 0.25) is 0 Å². The smallest absolute Gasteiger partial charge is 0.102 e. The van der Waals surface area contributed by atoms with E-state index in [-0.39, 0.29) is 17.0 Å². The van der Waals surface area contributed by atoms with Crippen molar-refractivity contribution < 1.29 is 26.6 Å². The minimum absolute atomic E-state index is 0. The highest BCUT2D eigenvalue weighted by molar-refractivity contribution is 4.68. The molecule has 0 bridgehead atoms. The molecule has 1 rings (SSSR count). The van der Waals surface area contributed by atoms with Crippen molar-refractivity contribution >= 4 is 0 Å². The molecule has 0 aromatic carbocycles. The molecule has 3 heteroatoms. The fourth-order valence-corrected chi connectivity index (χ4v) is 1.74. The quantitative estimate of drug-likeness (QED) is 0.554. The molecule has 1 N–H and O–H groups in total. The van der Waals surface area contributed by atoms with Crippen LogP contribution in [0.1, 0.15) is 19.3 Å². The largest absolute Gasteiger partial charge is 1.00 e. The second kappa shape index (κ2) is 5.20.